The number of aliphatic hydroxyl groups excluding tert-OH is 1. The molecule has 1 aromatic rings. The van der Waals surface area contributed by atoms with Gasteiger partial charge in [0, 0.05) is 32.7 Å². The van der Waals surface area contributed by atoms with Gasteiger partial charge in [-0.3, -0.25) is 4.90 Å². The van der Waals surface area contributed by atoms with E-state index < -0.39 is 24.4 Å². The summed E-state index contributed by atoms with van der Waals surface area (Å²) in [5.74, 6) is 1.74. The number of nitrogens with two attached hydrogens (primary N) is 1. The lowest BCUT2D eigenvalue weighted by molar-refractivity contribution is -0.178. The van der Waals surface area contributed by atoms with Crippen molar-refractivity contribution in [3.05, 3.63) is 23.8 Å². The number of rotatable bonds is 14. The minimum atomic E-state index is -4.28. The highest BCUT2D eigenvalue weighted by Crippen LogP contribution is 2.34. The normalized spacial score (nSPS) is 18.8. The highest BCUT2D eigenvalue weighted by atomic mass is 35.5. The molecule has 1 heterocycles. The number of likely N-dealkylation sites (tertiary alicyclic amines) is 1. The predicted octanol–water partition coefficient (Wildman–Crippen LogP) is 4.87. The Labute approximate surface area is 225 Å². The molecule has 6 nitrogen and oxygen atoms in total. The van der Waals surface area contributed by atoms with Crippen LogP contribution in [0.3, 0.4) is 0 Å². The first-order valence-electron chi connectivity index (χ1n) is 12.1. The zero-order valence-corrected chi connectivity index (χ0v) is 23.3. The summed E-state index contributed by atoms with van der Waals surface area (Å²) in [7, 11) is 3.24. The van der Waals surface area contributed by atoms with E-state index in [9.17, 15) is 18.3 Å². The standard InChI is InChI=1S/C25H41F3N2O4.2ClH/c1-17(2)19(13-18-8-9-22(33-4)23(14-18)34-12-6-11-32-3)15-20(29)21(31)16-30-10-5-7-24(30)25(26,27)28;;/h8-9,14,17,19-21,24,31H,5-7,10-13,15-16,29H2,1-4H3;2*1H/t19-,20-,21-,24-;;/m0../s1. The van der Waals surface area contributed by atoms with Crippen molar-refractivity contribution >= 4 is 24.8 Å². The maximum Gasteiger partial charge on any atom is 0.404 e. The summed E-state index contributed by atoms with van der Waals surface area (Å²) in [5, 5.41) is 10.6. The summed E-state index contributed by atoms with van der Waals surface area (Å²) < 4.78 is 56.1. The van der Waals surface area contributed by atoms with E-state index in [1.807, 2.05) is 18.2 Å². The number of ether oxygens (including phenoxy) is 3. The first-order chi connectivity index (χ1) is 16.1. The fourth-order valence-electron chi connectivity index (χ4n) is 4.54. The fourth-order valence-corrected chi connectivity index (χ4v) is 4.54. The molecule has 0 radical (unpaired) electrons. The smallest absolute Gasteiger partial charge is 0.404 e. The van der Waals surface area contributed by atoms with Crippen LogP contribution in [0.15, 0.2) is 18.2 Å². The Hall–Kier alpha value is -0.970. The lowest BCUT2D eigenvalue weighted by atomic mass is 9.83. The van der Waals surface area contributed by atoms with Crippen molar-refractivity contribution in [2.45, 2.75) is 70.3 Å². The molecule has 0 aliphatic carbocycles. The molecule has 1 aromatic carbocycles. The number of benzene rings is 1. The molecule has 1 aliphatic heterocycles. The Balaban J connectivity index is 0.00000612. The van der Waals surface area contributed by atoms with Crippen LogP contribution in [0.1, 0.15) is 45.1 Å². The zero-order valence-electron chi connectivity index (χ0n) is 21.6. The maximum atomic E-state index is 13.2. The summed E-state index contributed by atoms with van der Waals surface area (Å²) >= 11 is 0. The summed E-state index contributed by atoms with van der Waals surface area (Å²) in [6.45, 7) is 5.58. The maximum absolute atomic E-state index is 13.2. The predicted molar refractivity (Wildman–Crippen MR) is 141 cm³/mol. The number of β-amino-alcohol motifs (C(OH)–C–C–N with tert-alkyl or cyclic N) is 1. The van der Waals surface area contributed by atoms with Crippen LogP contribution < -0.4 is 15.2 Å². The second kappa shape index (κ2) is 16.8. The Bertz CT molecular complexity index is 744. The van der Waals surface area contributed by atoms with Crippen LogP contribution in [0.5, 0.6) is 11.5 Å². The SMILES string of the molecule is COCCCOc1cc(C[C@@H](C[C@H](N)[C@@H](O)CN2CCC[C@H]2C(F)(F)F)C(C)C)ccc1OC.Cl.Cl. The molecule has 212 valence electrons. The molecule has 1 aliphatic rings. The van der Waals surface area contributed by atoms with Crippen LogP contribution in [0.4, 0.5) is 13.2 Å². The summed E-state index contributed by atoms with van der Waals surface area (Å²) in [5.41, 5.74) is 7.35. The van der Waals surface area contributed by atoms with Gasteiger partial charge in [0.25, 0.3) is 0 Å². The second-order valence-corrected chi connectivity index (χ2v) is 9.55. The monoisotopic (exact) mass is 562 g/mol. The molecule has 0 aromatic heterocycles. The van der Waals surface area contributed by atoms with Gasteiger partial charge in [0.15, 0.2) is 11.5 Å². The molecule has 1 saturated heterocycles. The molecule has 36 heavy (non-hydrogen) atoms. The van der Waals surface area contributed by atoms with Gasteiger partial charge in [-0.25, -0.2) is 0 Å². The van der Waals surface area contributed by atoms with E-state index in [-0.39, 0.29) is 49.6 Å². The number of aliphatic hydroxyl groups is 1. The molecule has 0 amide bonds. The van der Waals surface area contributed by atoms with E-state index in [4.69, 9.17) is 19.9 Å². The summed E-state index contributed by atoms with van der Waals surface area (Å²) in [6.07, 6.45) is -2.75. The van der Waals surface area contributed by atoms with Gasteiger partial charge < -0.3 is 25.1 Å². The minimum Gasteiger partial charge on any atom is -0.493 e. The highest BCUT2D eigenvalue weighted by Gasteiger charge is 2.46. The molecule has 1 fully saturated rings. The Morgan fingerprint density at radius 3 is 2.42 bits per heavy atom. The van der Waals surface area contributed by atoms with Gasteiger partial charge in [-0.1, -0.05) is 19.9 Å². The van der Waals surface area contributed by atoms with E-state index in [1.54, 1.807) is 14.2 Å². The number of nitrogens with zero attached hydrogens (tertiary/aromatic N) is 1. The number of hydrogen-bond acceptors (Lipinski definition) is 6. The minimum absolute atomic E-state index is 0. The van der Waals surface area contributed by atoms with Gasteiger partial charge in [0.05, 0.1) is 19.8 Å². The zero-order chi connectivity index (χ0) is 25.3. The lowest BCUT2D eigenvalue weighted by Crippen LogP contribution is -2.49. The molecule has 2 rings (SSSR count). The summed E-state index contributed by atoms with van der Waals surface area (Å²) in [6, 6.07) is 3.72. The van der Waals surface area contributed by atoms with Gasteiger partial charge in [-0.2, -0.15) is 13.2 Å². The van der Waals surface area contributed by atoms with E-state index in [1.165, 1.54) is 4.90 Å². The number of hydrogen-bond donors (Lipinski definition) is 2. The molecule has 0 saturated carbocycles. The third kappa shape index (κ3) is 10.8. The highest BCUT2D eigenvalue weighted by molar-refractivity contribution is 5.85. The fraction of sp³-hybridized carbons (Fsp3) is 0.760. The topological polar surface area (TPSA) is 77.2 Å². The van der Waals surface area contributed by atoms with Crippen LogP contribution in [0, 0.1) is 11.8 Å². The van der Waals surface area contributed by atoms with Gasteiger partial charge in [0.1, 0.15) is 6.04 Å². The van der Waals surface area contributed by atoms with E-state index in [0.717, 1.165) is 12.0 Å². The Morgan fingerprint density at radius 2 is 1.83 bits per heavy atom. The van der Waals surface area contributed by atoms with Gasteiger partial charge in [-0.05, 0) is 61.8 Å². The van der Waals surface area contributed by atoms with Crippen LogP contribution >= 0.6 is 24.8 Å². The number of methoxy groups -OCH3 is 2. The lowest BCUT2D eigenvalue weighted by Gasteiger charge is -2.32. The molecular weight excluding hydrogens is 520 g/mol. The van der Waals surface area contributed by atoms with Crippen LogP contribution in [-0.2, 0) is 11.2 Å². The van der Waals surface area contributed by atoms with Crippen molar-refractivity contribution in [1.82, 2.24) is 4.90 Å². The number of alkyl halides is 3. The molecule has 11 heteroatoms. The van der Waals surface area contributed by atoms with Crippen molar-refractivity contribution in [3.8, 4) is 11.5 Å². The van der Waals surface area contributed by atoms with E-state index in [0.29, 0.717) is 50.5 Å². The van der Waals surface area contributed by atoms with E-state index in [2.05, 4.69) is 13.8 Å². The summed E-state index contributed by atoms with van der Waals surface area (Å²) in [4.78, 5) is 1.32. The van der Waals surface area contributed by atoms with E-state index >= 15 is 0 Å². The van der Waals surface area contributed by atoms with Crippen molar-refractivity contribution in [3.63, 3.8) is 0 Å². The third-order valence-corrected chi connectivity index (χ3v) is 6.65. The first-order valence-corrected chi connectivity index (χ1v) is 12.1. The quantitative estimate of drug-likeness (QED) is 0.315. The largest absolute Gasteiger partial charge is 0.493 e. The van der Waals surface area contributed by atoms with Gasteiger partial charge >= 0.3 is 6.18 Å². The van der Waals surface area contributed by atoms with Crippen LogP contribution in [0.2, 0.25) is 0 Å². The first kappa shape index (κ1) is 35.0. The van der Waals surface area contributed by atoms with Crippen LogP contribution in [-0.4, -0.2) is 74.9 Å². The van der Waals surface area contributed by atoms with Gasteiger partial charge in [0.2, 0.25) is 0 Å². The molecular formula is C25H43Cl2F3N2O4. The van der Waals surface area contributed by atoms with Crippen LogP contribution in [0.25, 0.3) is 0 Å². The molecule has 4 atom stereocenters. The molecule has 0 bridgehead atoms. The Kier molecular flexibility index (Phi) is 16.3. The second-order valence-electron chi connectivity index (χ2n) is 9.55. The van der Waals surface area contributed by atoms with Crippen molar-refractivity contribution in [1.29, 1.82) is 0 Å². The van der Waals surface area contributed by atoms with Crippen molar-refractivity contribution in [2.24, 2.45) is 17.6 Å². The van der Waals surface area contributed by atoms with Gasteiger partial charge in [-0.15, -0.1) is 24.8 Å². The molecule has 0 unspecified atom stereocenters. The number of halogens is 5. The Morgan fingerprint density at radius 1 is 1.14 bits per heavy atom. The molecule has 0 spiro atoms. The third-order valence-electron chi connectivity index (χ3n) is 6.65. The van der Waals surface area contributed by atoms with Crippen molar-refractivity contribution < 1.29 is 32.5 Å². The van der Waals surface area contributed by atoms with Crippen molar-refractivity contribution in [2.75, 3.05) is 40.5 Å². The average Bonchev–Trinajstić information content (AvgIpc) is 3.25. The molecule has 3 N–H and O–H groups in total. The average molecular weight is 564 g/mol.